The summed E-state index contributed by atoms with van der Waals surface area (Å²) in [6, 6.07) is 0. The number of aryl methyl sites for hydroxylation is 1. The van der Waals surface area contributed by atoms with Gasteiger partial charge in [0.2, 0.25) is 11.1 Å². The SMILES string of the molecule is Cc1nn(CC(=O)NCCCC(=O)Cl)c(C)c1[N+](=O)[O-]. The number of amides is 1. The first-order valence-corrected chi connectivity index (χ1v) is 6.34. The quantitative estimate of drug-likeness (QED) is 0.351. The predicted octanol–water partition coefficient (Wildman–Crippen LogP) is 1.07. The largest absolute Gasteiger partial charge is 0.354 e. The molecule has 0 saturated heterocycles. The minimum Gasteiger partial charge on any atom is -0.354 e. The predicted molar refractivity (Wildman–Crippen MR) is 71.5 cm³/mol. The Labute approximate surface area is 120 Å². The van der Waals surface area contributed by atoms with Gasteiger partial charge in [0.25, 0.3) is 0 Å². The molecule has 8 nitrogen and oxygen atoms in total. The lowest BCUT2D eigenvalue weighted by Gasteiger charge is -2.05. The topological polar surface area (TPSA) is 107 Å². The van der Waals surface area contributed by atoms with E-state index in [-0.39, 0.29) is 30.3 Å². The molecule has 1 amide bonds. The molecule has 0 aliphatic carbocycles. The first-order chi connectivity index (χ1) is 9.32. The Kier molecular flexibility index (Phi) is 5.63. The summed E-state index contributed by atoms with van der Waals surface area (Å²) in [6.45, 7) is 3.28. The average Bonchev–Trinajstić information content (AvgIpc) is 2.59. The second kappa shape index (κ2) is 6.99. The van der Waals surface area contributed by atoms with E-state index < -0.39 is 10.2 Å². The minimum atomic E-state index is -0.516. The molecule has 0 fully saturated rings. The van der Waals surface area contributed by atoms with Crippen LogP contribution in [0, 0.1) is 24.0 Å². The molecule has 110 valence electrons. The number of hydrogen-bond acceptors (Lipinski definition) is 5. The first-order valence-electron chi connectivity index (χ1n) is 5.96. The fourth-order valence-electron chi connectivity index (χ4n) is 1.75. The first kappa shape index (κ1) is 16.1. The van der Waals surface area contributed by atoms with Crippen molar-refractivity contribution < 1.29 is 14.5 Å². The van der Waals surface area contributed by atoms with Gasteiger partial charge in [0, 0.05) is 13.0 Å². The zero-order valence-electron chi connectivity index (χ0n) is 11.2. The minimum absolute atomic E-state index is 0.0782. The maximum Gasteiger partial charge on any atom is 0.312 e. The molecule has 1 rings (SSSR count). The third-order valence-corrected chi connectivity index (χ3v) is 2.88. The van der Waals surface area contributed by atoms with Crippen LogP contribution in [0.1, 0.15) is 24.2 Å². The number of aromatic nitrogens is 2. The zero-order valence-corrected chi connectivity index (χ0v) is 11.9. The van der Waals surface area contributed by atoms with E-state index in [1.54, 1.807) is 0 Å². The lowest BCUT2D eigenvalue weighted by Crippen LogP contribution is -2.29. The molecule has 1 N–H and O–H groups in total. The highest BCUT2D eigenvalue weighted by Gasteiger charge is 2.22. The van der Waals surface area contributed by atoms with E-state index in [9.17, 15) is 19.7 Å². The Balaban J connectivity index is 2.56. The van der Waals surface area contributed by atoms with Crippen LogP contribution in [0.2, 0.25) is 0 Å². The summed E-state index contributed by atoms with van der Waals surface area (Å²) in [5.41, 5.74) is 0.525. The molecule has 20 heavy (non-hydrogen) atoms. The molecule has 1 aromatic heterocycles. The molecule has 9 heteroatoms. The molecule has 0 saturated carbocycles. The lowest BCUT2D eigenvalue weighted by molar-refractivity contribution is -0.386. The van der Waals surface area contributed by atoms with E-state index >= 15 is 0 Å². The molecule has 0 aliphatic heterocycles. The van der Waals surface area contributed by atoms with E-state index in [0.29, 0.717) is 18.7 Å². The van der Waals surface area contributed by atoms with E-state index in [2.05, 4.69) is 10.4 Å². The zero-order chi connectivity index (χ0) is 15.3. The van der Waals surface area contributed by atoms with E-state index in [0.717, 1.165) is 0 Å². The van der Waals surface area contributed by atoms with Crippen molar-refractivity contribution in [3.8, 4) is 0 Å². The van der Waals surface area contributed by atoms with Gasteiger partial charge >= 0.3 is 5.69 Å². The summed E-state index contributed by atoms with van der Waals surface area (Å²) in [5, 5.41) is 16.9. The van der Waals surface area contributed by atoms with Crippen molar-refractivity contribution in [2.24, 2.45) is 0 Å². The molecule has 0 unspecified atom stereocenters. The van der Waals surface area contributed by atoms with E-state index in [4.69, 9.17) is 11.6 Å². The number of rotatable bonds is 7. The summed E-state index contributed by atoms with van der Waals surface area (Å²) in [4.78, 5) is 32.5. The maximum absolute atomic E-state index is 11.6. The van der Waals surface area contributed by atoms with Crippen molar-refractivity contribution in [3.05, 3.63) is 21.5 Å². The summed E-state index contributed by atoms with van der Waals surface area (Å²) in [5.74, 6) is -0.326. The Bertz CT molecular complexity index is 541. The standard InChI is InChI=1S/C11H15ClN4O4/c1-7-11(16(19)20)8(2)15(14-7)6-10(18)13-5-3-4-9(12)17/h3-6H2,1-2H3,(H,13,18). The molecule has 0 atom stereocenters. The van der Waals surface area contributed by atoms with Gasteiger partial charge in [-0.05, 0) is 31.9 Å². The van der Waals surface area contributed by atoms with Gasteiger partial charge in [-0.15, -0.1) is 0 Å². The molecule has 0 radical (unpaired) electrons. The number of nitrogens with zero attached hydrogens (tertiary/aromatic N) is 3. The Morgan fingerprint density at radius 3 is 2.60 bits per heavy atom. The molecule has 0 spiro atoms. The smallest absolute Gasteiger partial charge is 0.312 e. The monoisotopic (exact) mass is 302 g/mol. The van der Waals surface area contributed by atoms with Crippen LogP contribution in [0.15, 0.2) is 0 Å². The van der Waals surface area contributed by atoms with Gasteiger partial charge in [0.1, 0.15) is 17.9 Å². The summed E-state index contributed by atoms with van der Waals surface area (Å²) in [6.07, 6.45) is 0.637. The highest BCUT2D eigenvalue weighted by molar-refractivity contribution is 6.63. The van der Waals surface area contributed by atoms with Crippen LogP contribution in [0.5, 0.6) is 0 Å². The highest BCUT2D eigenvalue weighted by Crippen LogP contribution is 2.21. The van der Waals surface area contributed by atoms with Gasteiger partial charge in [-0.3, -0.25) is 24.4 Å². The number of carbonyl (C=O) groups is 2. The van der Waals surface area contributed by atoms with Crippen molar-refractivity contribution in [1.29, 1.82) is 0 Å². The van der Waals surface area contributed by atoms with Crippen LogP contribution < -0.4 is 5.32 Å². The van der Waals surface area contributed by atoms with Crippen LogP contribution in [0.4, 0.5) is 5.69 Å². The summed E-state index contributed by atoms with van der Waals surface area (Å²) >= 11 is 5.16. The average molecular weight is 303 g/mol. The van der Waals surface area contributed by atoms with Crippen molar-refractivity contribution >= 4 is 28.4 Å². The van der Waals surface area contributed by atoms with Gasteiger partial charge in [0.05, 0.1) is 4.92 Å². The van der Waals surface area contributed by atoms with Crippen LogP contribution in [0.25, 0.3) is 0 Å². The van der Waals surface area contributed by atoms with Crippen molar-refractivity contribution in [3.63, 3.8) is 0 Å². The van der Waals surface area contributed by atoms with Crippen LogP contribution in [0.3, 0.4) is 0 Å². The maximum atomic E-state index is 11.6. The second-order valence-corrected chi connectivity index (χ2v) is 4.66. The third kappa shape index (κ3) is 4.30. The van der Waals surface area contributed by atoms with E-state index in [1.807, 2.05) is 0 Å². The third-order valence-electron chi connectivity index (χ3n) is 2.69. The van der Waals surface area contributed by atoms with Crippen molar-refractivity contribution in [2.75, 3.05) is 6.54 Å². The number of hydrogen-bond donors (Lipinski definition) is 1. The molecular formula is C11H15ClN4O4. The normalized spacial score (nSPS) is 10.3. The van der Waals surface area contributed by atoms with E-state index in [1.165, 1.54) is 18.5 Å². The molecule has 0 bridgehead atoms. The molecule has 1 heterocycles. The number of nitrogens with one attached hydrogen (secondary N) is 1. The van der Waals surface area contributed by atoms with Gasteiger partial charge in [0.15, 0.2) is 0 Å². The Hall–Kier alpha value is -1.96. The second-order valence-electron chi connectivity index (χ2n) is 4.24. The number of carbonyl (C=O) groups excluding carboxylic acids is 2. The molecular weight excluding hydrogens is 288 g/mol. The van der Waals surface area contributed by atoms with Gasteiger partial charge in [-0.25, -0.2) is 0 Å². The van der Waals surface area contributed by atoms with Gasteiger partial charge < -0.3 is 5.32 Å². The highest BCUT2D eigenvalue weighted by atomic mass is 35.5. The van der Waals surface area contributed by atoms with Gasteiger partial charge in [-0.1, -0.05) is 0 Å². The van der Waals surface area contributed by atoms with Crippen molar-refractivity contribution in [2.45, 2.75) is 33.2 Å². The number of nitro groups is 1. The van der Waals surface area contributed by atoms with Crippen LogP contribution in [-0.2, 0) is 16.1 Å². The summed E-state index contributed by atoms with van der Waals surface area (Å²) in [7, 11) is 0. The lowest BCUT2D eigenvalue weighted by atomic mass is 10.3. The van der Waals surface area contributed by atoms with Crippen molar-refractivity contribution in [1.82, 2.24) is 15.1 Å². The van der Waals surface area contributed by atoms with Crippen LogP contribution >= 0.6 is 11.6 Å². The van der Waals surface area contributed by atoms with Gasteiger partial charge in [-0.2, -0.15) is 5.10 Å². The fourth-order valence-corrected chi connectivity index (χ4v) is 1.89. The molecule has 1 aromatic rings. The molecule has 0 aromatic carbocycles. The fraction of sp³-hybridized carbons (Fsp3) is 0.545. The molecule has 0 aliphatic rings. The Morgan fingerprint density at radius 2 is 2.10 bits per heavy atom. The Morgan fingerprint density at radius 1 is 1.45 bits per heavy atom. The number of halogens is 1. The summed E-state index contributed by atoms with van der Waals surface area (Å²) < 4.78 is 1.29. The van der Waals surface area contributed by atoms with Crippen LogP contribution in [-0.4, -0.2) is 32.4 Å².